The first-order valence-corrected chi connectivity index (χ1v) is 6.62. The first-order chi connectivity index (χ1) is 10.7. The van der Waals surface area contributed by atoms with Crippen LogP contribution < -0.4 is 16.8 Å². The van der Waals surface area contributed by atoms with Gasteiger partial charge < -0.3 is 41.9 Å². The molecule has 1 unspecified atom stereocenters. The van der Waals surface area contributed by atoms with E-state index in [1.165, 1.54) is 6.92 Å². The first-order valence-electron chi connectivity index (χ1n) is 6.62. The second-order valence-electron chi connectivity index (χ2n) is 4.93. The number of nitrogens with two attached hydrogens (primary N) is 2. The Hall–Kier alpha value is -2.37. The van der Waals surface area contributed by atoms with Crippen LogP contribution in [0.15, 0.2) is 16.8 Å². The van der Waals surface area contributed by atoms with Gasteiger partial charge in [0.25, 0.3) is 0 Å². The van der Waals surface area contributed by atoms with E-state index < -0.39 is 54.6 Å². The van der Waals surface area contributed by atoms with Gasteiger partial charge in [-0.1, -0.05) is 0 Å². The molecule has 0 bridgehead atoms. The number of amides is 1. The van der Waals surface area contributed by atoms with Gasteiger partial charge >= 0.3 is 5.97 Å². The van der Waals surface area contributed by atoms with Gasteiger partial charge in [-0.25, -0.2) is 9.79 Å². The summed E-state index contributed by atoms with van der Waals surface area (Å²) in [4.78, 5) is 26.3. The number of hydrogen-bond donors (Lipinski definition) is 7. The number of carbonyl (C=O) groups excluding carboxylic acids is 1. The Bertz CT molecular complexity index is 518. The number of aliphatic hydroxyl groups excluding tert-OH is 3. The van der Waals surface area contributed by atoms with Crippen LogP contribution in [0, 0.1) is 0 Å². The molecule has 11 heteroatoms. The van der Waals surface area contributed by atoms with E-state index in [1.54, 1.807) is 0 Å². The van der Waals surface area contributed by atoms with E-state index in [1.807, 2.05) is 0 Å². The second-order valence-corrected chi connectivity index (χ2v) is 4.93. The highest BCUT2D eigenvalue weighted by Crippen LogP contribution is 2.24. The lowest BCUT2D eigenvalue weighted by molar-refractivity contribution is -0.145. The quantitative estimate of drug-likeness (QED) is 0.188. The normalized spacial score (nSPS) is 26.3. The van der Waals surface area contributed by atoms with E-state index in [0.717, 1.165) is 6.08 Å². The van der Waals surface area contributed by atoms with Crippen molar-refractivity contribution in [1.82, 2.24) is 5.32 Å². The van der Waals surface area contributed by atoms with Gasteiger partial charge in [0.15, 0.2) is 5.96 Å². The molecule has 1 amide bonds. The third-order valence-electron chi connectivity index (χ3n) is 3.10. The van der Waals surface area contributed by atoms with Crippen LogP contribution in [0.1, 0.15) is 6.92 Å². The van der Waals surface area contributed by atoms with Gasteiger partial charge in [0.05, 0.1) is 18.7 Å². The van der Waals surface area contributed by atoms with E-state index in [-0.39, 0.29) is 5.96 Å². The predicted octanol–water partition coefficient (Wildman–Crippen LogP) is -3.79. The third-order valence-corrected chi connectivity index (χ3v) is 3.10. The number of aliphatic imine (C=N–C) groups is 1. The number of guanidine groups is 1. The Morgan fingerprint density at radius 1 is 1.43 bits per heavy atom. The molecule has 0 radical (unpaired) electrons. The lowest BCUT2D eigenvalue weighted by atomic mass is 9.92. The largest absolute Gasteiger partial charge is 0.478 e. The molecule has 0 aliphatic carbocycles. The summed E-state index contributed by atoms with van der Waals surface area (Å²) in [6.45, 7) is 0.391. The fourth-order valence-electron chi connectivity index (χ4n) is 2.14. The van der Waals surface area contributed by atoms with Crippen LogP contribution in [0.25, 0.3) is 0 Å². The number of rotatable bonds is 6. The second kappa shape index (κ2) is 7.76. The molecule has 130 valence electrons. The van der Waals surface area contributed by atoms with E-state index in [4.69, 9.17) is 26.4 Å². The highest BCUT2D eigenvalue weighted by atomic mass is 16.5. The summed E-state index contributed by atoms with van der Waals surface area (Å²) in [5, 5.41) is 40.1. The standard InChI is InChI=1S/C12H20N4O7/c1-4(18)15-8-5(16-12(13)14)2-7(11(21)22)23-10(8)9(20)6(19)3-17/h2,5-6,8-10,17,19-20H,3H2,1H3,(H,15,18)(H,21,22)(H4,13,14,16)/t5-,6+,8+,9?,10+/m0/s1. The minimum absolute atomic E-state index is 0.371. The number of carboxylic acids is 1. The summed E-state index contributed by atoms with van der Waals surface area (Å²) < 4.78 is 5.13. The predicted molar refractivity (Wildman–Crippen MR) is 76.9 cm³/mol. The number of aliphatic hydroxyl groups is 3. The molecule has 5 atom stereocenters. The molecule has 23 heavy (non-hydrogen) atoms. The maximum absolute atomic E-state index is 11.4. The molecule has 0 saturated carbocycles. The molecule has 0 fully saturated rings. The highest BCUT2D eigenvalue weighted by Gasteiger charge is 2.43. The zero-order chi connectivity index (χ0) is 17.7. The van der Waals surface area contributed by atoms with Gasteiger partial charge in [0, 0.05) is 6.92 Å². The molecule has 1 rings (SSSR count). The lowest BCUT2D eigenvalue weighted by Crippen LogP contribution is -2.59. The number of nitrogens with zero attached hydrogens (tertiary/aromatic N) is 1. The summed E-state index contributed by atoms with van der Waals surface area (Å²) in [7, 11) is 0. The van der Waals surface area contributed by atoms with Crippen LogP contribution in [-0.4, -0.2) is 75.3 Å². The number of ether oxygens (including phenoxy) is 1. The van der Waals surface area contributed by atoms with E-state index in [9.17, 15) is 19.8 Å². The molecule has 1 aliphatic rings. The molecule has 0 spiro atoms. The first kappa shape index (κ1) is 18.7. The van der Waals surface area contributed by atoms with Gasteiger partial charge in [0.2, 0.25) is 11.7 Å². The van der Waals surface area contributed by atoms with E-state index in [0.29, 0.717) is 0 Å². The zero-order valence-corrected chi connectivity index (χ0v) is 12.3. The van der Waals surface area contributed by atoms with Crippen molar-refractivity contribution in [2.45, 2.75) is 37.3 Å². The minimum Gasteiger partial charge on any atom is -0.478 e. The van der Waals surface area contributed by atoms with E-state index in [2.05, 4.69) is 10.3 Å². The van der Waals surface area contributed by atoms with Crippen LogP contribution >= 0.6 is 0 Å². The molecule has 1 heterocycles. The molecular weight excluding hydrogens is 312 g/mol. The Balaban J connectivity index is 3.28. The molecule has 0 aromatic rings. The maximum atomic E-state index is 11.4. The Morgan fingerprint density at radius 3 is 2.48 bits per heavy atom. The average molecular weight is 332 g/mol. The molecular formula is C12H20N4O7. The molecule has 9 N–H and O–H groups in total. The summed E-state index contributed by atoms with van der Waals surface area (Å²) in [6.07, 6.45) is -3.65. The number of carbonyl (C=O) groups is 2. The number of aliphatic carboxylic acids is 1. The molecule has 0 aromatic carbocycles. The Kier molecular flexibility index (Phi) is 6.30. The van der Waals surface area contributed by atoms with Gasteiger partial charge in [0.1, 0.15) is 18.3 Å². The maximum Gasteiger partial charge on any atom is 0.370 e. The van der Waals surface area contributed by atoms with Crippen LogP contribution in [0.5, 0.6) is 0 Å². The summed E-state index contributed by atoms with van der Waals surface area (Å²) in [5.41, 5.74) is 10.6. The van der Waals surface area contributed by atoms with Crippen LogP contribution in [0.3, 0.4) is 0 Å². The summed E-state index contributed by atoms with van der Waals surface area (Å²) in [5.74, 6) is -2.89. The van der Waals surface area contributed by atoms with Crippen molar-refractivity contribution in [3.63, 3.8) is 0 Å². The van der Waals surface area contributed by atoms with Gasteiger partial charge in [-0.05, 0) is 6.08 Å². The summed E-state index contributed by atoms with van der Waals surface area (Å²) in [6, 6.07) is -2.11. The van der Waals surface area contributed by atoms with Crippen molar-refractivity contribution >= 4 is 17.8 Å². The number of nitrogens with one attached hydrogen (secondary N) is 1. The fraction of sp³-hybridized carbons (Fsp3) is 0.583. The van der Waals surface area contributed by atoms with Crippen molar-refractivity contribution in [2.75, 3.05) is 6.61 Å². The fourth-order valence-corrected chi connectivity index (χ4v) is 2.14. The smallest absolute Gasteiger partial charge is 0.370 e. The lowest BCUT2D eigenvalue weighted by Gasteiger charge is -2.38. The van der Waals surface area contributed by atoms with Crippen molar-refractivity contribution in [1.29, 1.82) is 0 Å². The van der Waals surface area contributed by atoms with Crippen molar-refractivity contribution in [2.24, 2.45) is 16.5 Å². The molecule has 1 aliphatic heterocycles. The van der Waals surface area contributed by atoms with Crippen molar-refractivity contribution < 1.29 is 34.8 Å². The molecule has 0 saturated heterocycles. The number of carboxylic acid groups (broad SMARTS) is 1. The SMILES string of the molecule is CC(=O)N[C@@H]1[C@@H](N=C(N)N)C=C(C(=O)O)O[C@H]1C(O)[C@H](O)CO. The summed E-state index contributed by atoms with van der Waals surface area (Å²) >= 11 is 0. The van der Waals surface area contributed by atoms with Crippen molar-refractivity contribution in [3.8, 4) is 0 Å². The number of hydrogen-bond acceptors (Lipinski definition) is 7. The third kappa shape index (κ3) is 4.81. The highest BCUT2D eigenvalue weighted by molar-refractivity contribution is 5.85. The van der Waals surface area contributed by atoms with E-state index >= 15 is 0 Å². The monoisotopic (exact) mass is 332 g/mol. The van der Waals surface area contributed by atoms with Crippen molar-refractivity contribution in [3.05, 3.63) is 11.8 Å². The van der Waals surface area contributed by atoms with Gasteiger partial charge in [-0.2, -0.15) is 0 Å². The topological polar surface area (TPSA) is 201 Å². The van der Waals surface area contributed by atoms with Crippen LogP contribution in [0.2, 0.25) is 0 Å². The molecule has 11 nitrogen and oxygen atoms in total. The van der Waals surface area contributed by atoms with Gasteiger partial charge in [-0.3, -0.25) is 4.79 Å². The van der Waals surface area contributed by atoms with Crippen LogP contribution in [0.4, 0.5) is 0 Å². The molecule has 0 aromatic heterocycles. The Labute approximate surface area is 131 Å². The van der Waals surface area contributed by atoms with Gasteiger partial charge in [-0.15, -0.1) is 0 Å². The van der Waals surface area contributed by atoms with Crippen LogP contribution in [-0.2, 0) is 14.3 Å². The average Bonchev–Trinajstić information content (AvgIpc) is 2.45. The Morgan fingerprint density at radius 2 is 2.04 bits per heavy atom. The minimum atomic E-state index is -1.70. The zero-order valence-electron chi connectivity index (χ0n) is 12.3.